The fourth-order valence-corrected chi connectivity index (χ4v) is 1.97. The summed E-state index contributed by atoms with van der Waals surface area (Å²) in [4.78, 5) is 12.2. The number of rotatable bonds is 3. The number of aliphatic hydroxyl groups is 1. The van der Waals surface area contributed by atoms with E-state index in [0.717, 1.165) is 0 Å². The van der Waals surface area contributed by atoms with Gasteiger partial charge in [0.1, 0.15) is 11.3 Å². The van der Waals surface area contributed by atoms with E-state index in [9.17, 15) is 9.90 Å². The van der Waals surface area contributed by atoms with Crippen LogP contribution in [0.1, 0.15) is 40.4 Å². The molecule has 2 aromatic rings. The second-order valence-electron chi connectivity index (χ2n) is 4.42. The number of amides is 1. The summed E-state index contributed by atoms with van der Waals surface area (Å²) in [5.41, 5.74) is 2.23. The molecule has 0 radical (unpaired) electrons. The summed E-state index contributed by atoms with van der Waals surface area (Å²) in [6.45, 7) is 5.06. The molecule has 0 fully saturated rings. The lowest BCUT2D eigenvalue weighted by atomic mass is 10.1. The lowest BCUT2D eigenvalue weighted by Gasteiger charge is -2.12. The third-order valence-corrected chi connectivity index (χ3v) is 2.92. The maximum Gasteiger partial charge on any atom is 0.261 e. The van der Waals surface area contributed by atoms with Gasteiger partial charge in [0.15, 0.2) is 0 Å². The molecule has 0 aliphatic carbocycles. The van der Waals surface area contributed by atoms with E-state index in [2.05, 4.69) is 10.5 Å². The molecule has 0 aliphatic heterocycles. The highest BCUT2D eigenvalue weighted by Crippen LogP contribution is 2.23. The van der Waals surface area contributed by atoms with E-state index in [-0.39, 0.29) is 5.91 Å². The van der Waals surface area contributed by atoms with Crippen LogP contribution in [0.4, 0.5) is 5.69 Å². The van der Waals surface area contributed by atoms with E-state index in [0.29, 0.717) is 28.3 Å². The fraction of sp³-hybridized carbons (Fsp3) is 0.286. The number of hydrogen-bond donors (Lipinski definition) is 2. The van der Waals surface area contributed by atoms with Crippen LogP contribution in [-0.4, -0.2) is 16.2 Å². The maximum absolute atomic E-state index is 12.2. The zero-order valence-corrected chi connectivity index (χ0v) is 11.1. The topological polar surface area (TPSA) is 75.4 Å². The average molecular weight is 260 g/mol. The van der Waals surface area contributed by atoms with Gasteiger partial charge in [0, 0.05) is 11.3 Å². The largest absolute Gasteiger partial charge is 0.389 e. The van der Waals surface area contributed by atoms with Crippen molar-refractivity contribution in [2.24, 2.45) is 0 Å². The Morgan fingerprint density at radius 2 is 2.05 bits per heavy atom. The van der Waals surface area contributed by atoms with Gasteiger partial charge in [-0.3, -0.25) is 4.79 Å². The molecule has 0 saturated carbocycles. The van der Waals surface area contributed by atoms with Crippen molar-refractivity contribution in [3.63, 3.8) is 0 Å². The molecule has 5 nitrogen and oxygen atoms in total. The number of benzene rings is 1. The standard InChI is InChI=1S/C14H16N2O3/c1-8-13(10(3)19-16-8)14(18)15-12-7-5-4-6-11(12)9(2)17/h4-7,9,17H,1-3H3,(H,15,18). The summed E-state index contributed by atoms with van der Waals surface area (Å²) >= 11 is 0. The number of aliphatic hydroxyl groups excluding tert-OH is 1. The van der Waals surface area contributed by atoms with Crippen molar-refractivity contribution in [1.82, 2.24) is 5.16 Å². The minimum Gasteiger partial charge on any atom is -0.389 e. The average Bonchev–Trinajstić information content (AvgIpc) is 2.69. The number of nitrogens with zero attached hydrogens (tertiary/aromatic N) is 1. The third-order valence-electron chi connectivity index (χ3n) is 2.92. The zero-order chi connectivity index (χ0) is 14.0. The molecular weight excluding hydrogens is 244 g/mol. The van der Waals surface area contributed by atoms with E-state index in [1.807, 2.05) is 6.07 Å². The molecule has 0 saturated heterocycles. The summed E-state index contributed by atoms with van der Waals surface area (Å²) in [5, 5.41) is 16.2. The molecule has 1 heterocycles. The molecule has 0 aliphatic rings. The number of aromatic nitrogens is 1. The van der Waals surface area contributed by atoms with Crippen molar-refractivity contribution in [3.8, 4) is 0 Å². The summed E-state index contributed by atoms with van der Waals surface area (Å²) in [5.74, 6) is 0.189. The van der Waals surface area contributed by atoms with Crippen molar-refractivity contribution in [1.29, 1.82) is 0 Å². The van der Waals surface area contributed by atoms with E-state index < -0.39 is 6.10 Å². The number of hydrogen-bond acceptors (Lipinski definition) is 4. The minimum atomic E-state index is -0.652. The van der Waals surface area contributed by atoms with Crippen LogP contribution in [0.5, 0.6) is 0 Å². The highest BCUT2D eigenvalue weighted by molar-refractivity contribution is 6.06. The van der Waals surface area contributed by atoms with Crippen molar-refractivity contribution in [3.05, 3.63) is 46.8 Å². The summed E-state index contributed by atoms with van der Waals surface area (Å²) in [6.07, 6.45) is -0.652. The summed E-state index contributed by atoms with van der Waals surface area (Å²) in [7, 11) is 0. The lowest BCUT2D eigenvalue weighted by Crippen LogP contribution is -2.15. The summed E-state index contributed by atoms with van der Waals surface area (Å²) < 4.78 is 4.97. The highest BCUT2D eigenvalue weighted by Gasteiger charge is 2.19. The van der Waals surface area contributed by atoms with Gasteiger partial charge in [-0.1, -0.05) is 23.4 Å². The van der Waals surface area contributed by atoms with Crippen LogP contribution >= 0.6 is 0 Å². The van der Waals surface area contributed by atoms with Crippen LogP contribution in [0.3, 0.4) is 0 Å². The molecule has 1 atom stereocenters. The Hall–Kier alpha value is -2.14. The summed E-state index contributed by atoms with van der Waals surface area (Å²) in [6, 6.07) is 7.13. The first-order chi connectivity index (χ1) is 9.00. The first-order valence-corrected chi connectivity index (χ1v) is 6.02. The van der Waals surface area contributed by atoms with Gasteiger partial charge in [0.05, 0.1) is 11.8 Å². The number of nitrogens with one attached hydrogen (secondary N) is 1. The maximum atomic E-state index is 12.2. The first-order valence-electron chi connectivity index (χ1n) is 6.02. The number of anilines is 1. The van der Waals surface area contributed by atoms with E-state index >= 15 is 0 Å². The number of carbonyl (C=O) groups is 1. The molecule has 1 aromatic heterocycles. The molecule has 0 bridgehead atoms. The lowest BCUT2D eigenvalue weighted by molar-refractivity contribution is 0.102. The molecular formula is C14H16N2O3. The van der Waals surface area contributed by atoms with Crippen LogP contribution < -0.4 is 5.32 Å². The Labute approximate surface area is 111 Å². The molecule has 19 heavy (non-hydrogen) atoms. The van der Waals surface area contributed by atoms with E-state index in [1.54, 1.807) is 39.0 Å². The van der Waals surface area contributed by atoms with Crippen molar-refractivity contribution < 1.29 is 14.4 Å². The van der Waals surface area contributed by atoms with Gasteiger partial charge in [0.2, 0.25) is 0 Å². The van der Waals surface area contributed by atoms with Gasteiger partial charge >= 0.3 is 0 Å². The molecule has 100 valence electrons. The smallest absolute Gasteiger partial charge is 0.261 e. The SMILES string of the molecule is Cc1noc(C)c1C(=O)Nc1ccccc1C(C)O. The predicted molar refractivity (Wildman–Crippen MR) is 71.0 cm³/mol. The van der Waals surface area contributed by atoms with Crippen LogP contribution in [0.25, 0.3) is 0 Å². The minimum absolute atomic E-state index is 0.288. The van der Waals surface area contributed by atoms with Crippen molar-refractivity contribution in [2.75, 3.05) is 5.32 Å². The second-order valence-corrected chi connectivity index (χ2v) is 4.42. The molecule has 1 amide bonds. The van der Waals surface area contributed by atoms with Crippen LogP contribution in [0.2, 0.25) is 0 Å². The molecule has 1 unspecified atom stereocenters. The Kier molecular flexibility index (Phi) is 3.66. The molecule has 5 heteroatoms. The predicted octanol–water partition coefficient (Wildman–Crippen LogP) is 2.60. The zero-order valence-electron chi connectivity index (χ0n) is 11.1. The fourth-order valence-electron chi connectivity index (χ4n) is 1.97. The molecule has 0 spiro atoms. The quantitative estimate of drug-likeness (QED) is 0.889. The van der Waals surface area contributed by atoms with Gasteiger partial charge in [-0.05, 0) is 26.8 Å². The highest BCUT2D eigenvalue weighted by atomic mass is 16.5. The Bertz CT molecular complexity index is 583. The van der Waals surface area contributed by atoms with Gasteiger partial charge in [-0.2, -0.15) is 0 Å². The molecule has 1 aromatic carbocycles. The van der Waals surface area contributed by atoms with Gasteiger partial charge in [-0.25, -0.2) is 0 Å². The van der Waals surface area contributed by atoms with Crippen LogP contribution in [-0.2, 0) is 0 Å². The normalized spacial score (nSPS) is 12.2. The van der Waals surface area contributed by atoms with E-state index in [4.69, 9.17) is 4.52 Å². The van der Waals surface area contributed by atoms with Gasteiger partial charge in [-0.15, -0.1) is 0 Å². The Balaban J connectivity index is 2.30. The number of carbonyl (C=O) groups excluding carboxylic acids is 1. The van der Waals surface area contributed by atoms with Gasteiger partial charge < -0.3 is 14.9 Å². The second kappa shape index (κ2) is 5.24. The first kappa shape index (κ1) is 13.3. The van der Waals surface area contributed by atoms with Crippen molar-refractivity contribution >= 4 is 11.6 Å². The van der Waals surface area contributed by atoms with Crippen LogP contribution in [0.15, 0.2) is 28.8 Å². The Morgan fingerprint density at radius 1 is 1.37 bits per heavy atom. The van der Waals surface area contributed by atoms with E-state index in [1.165, 1.54) is 0 Å². The third kappa shape index (κ3) is 2.66. The van der Waals surface area contributed by atoms with Gasteiger partial charge in [0.25, 0.3) is 5.91 Å². The number of para-hydroxylation sites is 1. The molecule has 2 N–H and O–H groups in total. The monoisotopic (exact) mass is 260 g/mol. The molecule has 2 rings (SSSR count). The Morgan fingerprint density at radius 3 is 2.63 bits per heavy atom. The number of aryl methyl sites for hydroxylation is 2. The van der Waals surface area contributed by atoms with Crippen molar-refractivity contribution in [2.45, 2.75) is 26.9 Å². The van der Waals surface area contributed by atoms with Crippen LogP contribution in [0, 0.1) is 13.8 Å².